The fourth-order valence-electron chi connectivity index (χ4n) is 3.09. The molecule has 9 heteroatoms. The second kappa shape index (κ2) is 8.02. The predicted octanol–water partition coefficient (Wildman–Crippen LogP) is 2.09. The lowest BCUT2D eigenvalue weighted by Crippen LogP contribution is -2.60. The number of esters is 1. The van der Waals surface area contributed by atoms with E-state index in [1.54, 1.807) is 44.2 Å². The standard InChI is InChI=1S/C21H23N3O6/c1-12(22-17(25)16-10-7-11-29-16)19(27)30-13(2)18(26)24-15-9-6-5-8-14(15)23-20(28)21(24,3)4/h5-13H,1-4H3,(H,22,25)(H,23,28)/t12-,13-/m0/s1. The lowest BCUT2D eigenvalue weighted by molar-refractivity contribution is -0.155. The van der Waals surface area contributed by atoms with Crippen molar-refractivity contribution >= 4 is 35.1 Å². The third kappa shape index (κ3) is 3.91. The van der Waals surface area contributed by atoms with Crippen LogP contribution in [0.3, 0.4) is 0 Å². The summed E-state index contributed by atoms with van der Waals surface area (Å²) in [5.74, 6) is -2.22. The molecule has 30 heavy (non-hydrogen) atoms. The van der Waals surface area contributed by atoms with E-state index in [2.05, 4.69) is 10.6 Å². The SMILES string of the molecule is C[C@H](NC(=O)c1ccco1)C(=O)O[C@@H](C)C(=O)N1c2ccccc2NC(=O)C1(C)C. The molecule has 1 aliphatic rings. The number of amides is 3. The predicted molar refractivity (Wildman–Crippen MR) is 108 cm³/mol. The molecule has 2 atom stereocenters. The maximum Gasteiger partial charge on any atom is 0.329 e. The number of rotatable bonds is 5. The summed E-state index contributed by atoms with van der Waals surface area (Å²) in [6, 6.07) is 8.87. The van der Waals surface area contributed by atoms with Gasteiger partial charge in [0.1, 0.15) is 11.6 Å². The summed E-state index contributed by atoms with van der Waals surface area (Å²) >= 11 is 0. The minimum atomic E-state index is -1.19. The van der Waals surface area contributed by atoms with Gasteiger partial charge in [0.25, 0.3) is 11.8 Å². The summed E-state index contributed by atoms with van der Waals surface area (Å²) in [6.07, 6.45) is 0.159. The highest BCUT2D eigenvalue weighted by Crippen LogP contribution is 2.37. The van der Waals surface area contributed by atoms with E-state index in [1.165, 1.54) is 31.1 Å². The number of carbonyl (C=O) groups excluding carboxylic acids is 4. The van der Waals surface area contributed by atoms with E-state index in [1.807, 2.05) is 0 Å². The Morgan fingerprint density at radius 2 is 1.83 bits per heavy atom. The van der Waals surface area contributed by atoms with E-state index >= 15 is 0 Å². The molecule has 1 aromatic heterocycles. The number of ether oxygens (including phenoxy) is 1. The Bertz CT molecular complexity index is 982. The van der Waals surface area contributed by atoms with Gasteiger partial charge in [-0.15, -0.1) is 0 Å². The molecule has 0 fully saturated rings. The Morgan fingerprint density at radius 3 is 2.50 bits per heavy atom. The number of carbonyl (C=O) groups is 4. The number of anilines is 2. The van der Waals surface area contributed by atoms with Crippen LogP contribution >= 0.6 is 0 Å². The fraction of sp³-hybridized carbons (Fsp3) is 0.333. The van der Waals surface area contributed by atoms with Gasteiger partial charge < -0.3 is 19.8 Å². The molecule has 2 N–H and O–H groups in total. The van der Waals surface area contributed by atoms with Crippen LogP contribution < -0.4 is 15.5 Å². The Hall–Kier alpha value is -3.62. The molecule has 158 valence electrons. The van der Waals surface area contributed by atoms with Crippen LogP contribution in [0.4, 0.5) is 11.4 Å². The first-order valence-corrected chi connectivity index (χ1v) is 9.42. The molecular weight excluding hydrogens is 390 g/mol. The maximum absolute atomic E-state index is 13.2. The Labute approximate surface area is 173 Å². The van der Waals surface area contributed by atoms with Crippen LogP contribution in [0.2, 0.25) is 0 Å². The van der Waals surface area contributed by atoms with Gasteiger partial charge in [-0.3, -0.25) is 19.3 Å². The van der Waals surface area contributed by atoms with Crippen LogP contribution in [0.1, 0.15) is 38.2 Å². The van der Waals surface area contributed by atoms with Crippen LogP contribution in [0, 0.1) is 0 Å². The number of nitrogens with zero attached hydrogens (tertiary/aromatic N) is 1. The van der Waals surface area contributed by atoms with Crippen molar-refractivity contribution < 1.29 is 28.3 Å². The van der Waals surface area contributed by atoms with Gasteiger partial charge in [-0.05, 0) is 52.0 Å². The summed E-state index contributed by atoms with van der Waals surface area (Å²) < 4.78 is 10.3. The van der Waals surface area contributed by atoms with E-state index < -0.39 is 35.5 Å². The van der Waals surface area contributed by atoms with E-state index in [9.17, 15) is 19.2 Å². The molecule has 1 aliphatic heterocycles. The molecule has 0 bridgehead atoms. The van der Waals surface area contributed by atoms with Gasteiger partial charge >= 0.3 is 5.97 Å². The van der Waals surface area contributed by atoms with E-state index in [-0.39, 0.29) is 11.7 Å². The minimum absolute atomic E-state index is 0.0523. The van der Waals surface area contributed by atoms with Crippen LogP contribution in [-0.2, 0) is 19.1 Å². The Morgan fingerprint density at radius 1 is 1.13 bits per heavy atom. The number of furan rings is 1. The van der Waals surface area contributed by atoms with Crippen LogP contribution in [-0.4, -0.2) is 41.4 Å². The summed E-state index contributed by atoms with van der Waals surface area (Å²) in [5, 5.41) is 5.22. The number of hydrogen-bond acceptors (Lipinski definition) is 6. The maximum atomic E-state index is 13.2. The normalized spacial score (nSPS) is 16.7. The first-order chi connectivity index (χ1) is 14.1. The highest BCUT2D eigenvalue weighted by molar-refractivity contribution is 6.15. The van der Waals surface area contributed by atoms with Crippen molar-refractivity contribution in [2.45, 2.75) is 45.4 Å². The van der Waals surface area contributed by atoms with Gasteiger partial charge in [0.15, 0.2) is 11.9 Å². The van der Waals surface area contributed by atoms with Gasteiger partial charge in [-0.2, -0.15) is 0 Å². The molecule has 9 nitrogen and oxygen atoms in total. The molecule has 0 spiro atoms. The van der Waals surface area contributed by atoms with Crippen molar-refractivity contribution in [2.24, 2.45) is 0 Å². The largest absolute Gasteiger partial charge is 0.459 e. The van der Waals surface area contributed by atoms with Gasteiger partial charge in [0.05, 0.1) is 17.6 Å². The smallest absolute Gasteiger partial charge is 0.329 e. The quantitative estimate of drug-likeness (QED) is 0.725. The Kier molecular flexibility index (Phi) is 5.64. The van der Waals surface area contributed by atoms with Gasteiger partial charge in [0, 0.05) is 0 Å². The first-order valence-electron chi connectivity index (χ1n) is 9.42. The van der Waals surface area contributed by atoms with E-state index in [0.717, 1.165) is 0 Å². The molecular formula is C21H23N3O6. The van der Waals surface area contributed by atoms with Gasteiger partial charge in [0.2, 0.25) is 5.91 Å². The first kappa shape index (κ1) is 21.1. The number of benzene rings is 1. The summed E-state index contributed by atoms with van der Waals surface area (Å²) in [4.78, 5) is 51.4. The topological polar surface area (TPSA) is 118 Å². The molecule has 3 amide bonds. The molecule has 0 aliphatic carbocycles. The molecule has 0 radical (unpaired) electrons. The van der Waals surface area contributed by atoms with Crippen molar-refractivity contribution in [1.82, 2.24) is 5.32 Å². The lowest BCUT2D eigenvalue weighted by Gasteiger charge is -2.42. The van der Waals surface area contributed by atoms with Crippen LogP contribution in [0.15, 0.2) is 47.1 Å². The number of nitrogens with one attached hydrogen (secondary N) is 2. The van der Waals surface area contributed by atoms with Gasteiger partial charge in [-0.25, -0.2) is 4.79 Å². The molecule has 2 aromatic rings. The van der Waals surface area contributed by atoms with E-state index in [0.29, 0.717) is 11.4 Å². The third-order valence-corrected chi connectivity index (χ3v) is 4.82. The van der Waals surface area contributed by atoms with Crippen molar-refractivity contribution in [3.63, 3.8) is 0 Å². The second-order valence-corrected chi connectivity index (χ2v) is 7.46. The molecule has 2 heterocycles. The molecule has 0 saturated carbocycles. The Balaban J connectivity index is 1.72. The zero-order valence-electron chi connectivity index (χ0n) is 17.1. The monoisotopic (exact) mass is 413 g/mol. The number of hydrogen-bond donors (Lipinski definition) is 2. The highest BCUT2D eigenvalue weighted by Gasteiger charge is 2.45. The van der Waals surface area contributed by atoms with Crippen LogP contribution in [0.25, 0.3) is 0 Å². The fourth-order valence-corrected chi connectivity index (χ4v) is 3.09. The van der Waals surface area contributed by atoms with Crippen molar-refractivity contribution in [2.75, 3.05) is 10.2 Å². The van der Waals surface area contributed by atoms with Crippen molar-refractivity contribution in [1.29, 1.82) is 0 Å². The van der Waals surface area contributed by atoms with E-state index in [4.69, 9.17) is 9.15 Å². The average Bonchev–Trinajstić information content (AvgIpc) is 3.23. The number of fused-ring (bicyclic) bond motifs is 1. The second-order valence-electron chi connectivity index (χ2n) is 7.46. The lowest BCUT2D eigenvalue weighted by atomic mass is 9.95. The van der Waals surface area contributed by atoms with Crippen molar-refractivity contribution in [3.05, 3.63) is 48.4 Å². The zero-order valence-corrected chi connectivity index (χ0v) is 17.1. The summed E-state index contributed by atoms with van der Waals surface area (Å²) in [7, 11) is 0. The number of para-hydroxylation sites is 2. The molecule has 1 aromatic carbocycles. The minimum Gasteiger partial charge on any atom is -0.459 e. The zero-order chi connectivity index (χ0) is 22.1. The molecule has 3 rings (SSSR count). The third-order valence-electron chi connectivity index (χ3n) is 4.82. The molecule has 0 unspecified atom stereocenters. The molecule has 0 saturated heterocycles. The highest BCUT2D eigenvalue weighted by atomic mass is 16.5. The van der Waals surface area contributed by atoms with Crippen molar-refractivity contribution in [3.8, 4) is 0 Å². The average molecular weight is 413 g/mol. The van der Waals surface area contributed by atoms with Gasteiger partial charge in [-0.1, -0.05) is 12.1 Å². The summed E-state index contributed by atoms with van der Waals surface area (Å²) in [5.41, 5.74) is -0.187. The summed E-state index contributed by atoms with van der Waals surface area (Å²) in [6.45, 7) is 6.08. The van der Waals surface area contributed by atoms with Crippen LogP contribution in [0.5, 0.6) is 0 Å².